The predicted molar refractivity (Wildman–Crippen MR) is 60.5 cm³/mol. The number of aryl methyl sites for hydroxylation is 1. The molecule has 0 atom stereocenters. The number of aromatic nitrogens is 1. The van der Waals surface area contributed by atoms with Gasteiger partial charge in [0, 0.05) is 18.5 Å². The van der Waals surface area contributed by atoms with E-state index in [1.54, 1.807) is 11.3 Å². The first kappa shape index (κ1) is 10.1. The molecule has 0 amide bonds. The largest absolute Gasteiger partial charge is 0.311 e. The van der Waals surface area contributed by atoms with Crippen molar-refractivity contribution in [2.75, 3.05) is 6.54 Å². The third-order valence-electron chi connectivity index (χ3n) is 2.86. The SMILES string of the molecule is CCc1nc(CNCC2(C)CC2)cs1. The quantitative estimate of drug-likeness (QED) is 0.808. The zero-order chi connectivity index (χ0) is 10.0. The fourth-order valence-corrected chi connectivity index (χ4v) is 2.22. The molecule has 1 aromatic rings. The molecule has 3 heteroatoms. The van der Waals surface area contributed by atoms with Crippen molar-refractivity contribution in [3.8, 4) is 0 Å². The summed E-state index contributed by atoms with van der Waals surface area (Å²) in [4.78, 5) is 4.52. The van der Waals surface area contributed by atoms with E-state index >= 15 is 0 Å². The van der Waals surface area contributed by atoms with E-state index in [-0.39, 0.29) is 0 Å². The fraction of sp³-hybridized carbons (Fsp3) is 0.727. The molecular weight excluding hydrogens is 192 g/mol. The Morgan fingerprint density at radius 2 is 2.36 bits per heavy atom. The Morgan fingerprint density at radius 1 is 1.57 bits per heavy atom. The van der Waals surface area contributed by atoms with Crippen molar-refractivity contribution in [3.05, 3.63) is 16.1 Å². The summed E-state index contributed by atoms with van der Waals surface area (Å²) in [6, 6.07) is 0. The second-order valence-corrected chi connectivity index (χ2v) is 5.44. The standard InChI is InChI=1S/C11H18N2S/c1-3-10-13-9(7-14-10)6-12-8-11(2)4-5-11/h7,12H,3-6,8H2,1-2H3. The molecule has 0 aromatic carbocycles. The van der Waals surface area contributed by atoms with Gasteiger partial charge >= 0.3 is 0 Å². The Kier molecular flexibility index (Phi) is 2.88. The number of hydrogen-bond acceptors (Lipinski definition) is 3. The average Bonchev–Trinajstić information content (AvgIpc) is 2.75. The molecule has 2 nitrogen and oxygen atoms in total. The molecular formula is C11H18N2S. The molecule has 0 saturated heterocycles. The maximum atomic E-state index is 4.52. The van der Waals surface area contributed by atoms with Crippen LogP contribution in [0.1, 0.15) is 37.4 Å². The number of hydrogen-bond donors (Lipinski definition) is 1. The maximum absolute atomic E-state index is 4.52. The molecule has 0 radical (unpaired) electrons. The molecule has 1 aliphatic carbocycles. The Labute approximate surface area is 89.8 Å². The van der Waals surface area contributed by atoms with Crippen molar-refractivity contribution < 1.29 is 0 Å². The van der Waals surface area contributed by atoms with Crippen LogP contribution in [0, 0.1) is 5.41 Å². The summed E-state index contributed by atoms with van der Waals surface area (Å²) < 4.78 is 0. The van der Waals surface area contributed by atoms with E-state index in [0.29, 0.717) is 5.41 Å². The number of nitrogens with one attached hydrogen (secondary N) is 1. The molecule has 0 unspecified atom stereocenters. The Morgan fingerprint density at radius 3 is 2.93 bits per heavy atom. The van der Waals surface area contributed by atoms with Crippen molar-refractivity contribution in [1.29, 1.82) is 0 Å². The maximum Gasteiger partial charge on any atom is 0.0926 e. The van der Waals surface area contributed by atoms with Crippen molar-refractivity contribution in [1.82, 2.24) is 10.3 Å². The van der Waals surface area contributed by atoms with Crippen molar-refractivity contribution in [2.45, 2.75) is 39.7 Å². The summed E-state index contributed by atoms with van der Waals surface area (Å²) >= 11 is 1.77. The molecule has 1 N–H and O–H groups in total. The van der Waals surface area contributed by atoms with Crippen LogP contribution in [-0.4, -0.2) is 11.5 Å². The minimum absolute atomic E-state index is 0.601. The van der Waals surface area contributed by atoms with E-state index in [0.717, 1.165) is 19.5 Å². The lowest BCUT2D eigenvalue weighted by Crippen LogP contribution is -2.21. The van der Waals surface area contributed by atoms with Crippen LogP contribution in [0.15, 0.2) is 5.38 Å². The second kappa shape index (κ2) is 3.99. The third-order valence-corrected chi connectivity index (χ3v) is 3.91. The molecule has 1 aromatic heterocycles. The highest BCUT2D eigenvalue weighted by Crippen LogP contribution is 2.44. The number of nitrogens with zero attached hydrogens (tertiary/aromatic N) is 1. The lowest BCUT2D eigenvalue weighted by molar-refractivity contribution is 0.497. The topological polar surface area (TPSA) is 24.9 Å². The van der Waals surface area contributed by atoms with Gasteiger partial charge in [0.2, 0.25) is 0 Å². The molecule has 0 bridgehead atoms. The third kappa shape index (κ3) is 2.55. The average molecular weight is 210 g/mol. The van der Waals surface area contributed by atoms with Gasteiger partial charge in [0.15, 0.2) is 0 Å². The van der Waals surface area contributed by atoms with E-state index in [1.165, 1.54) is 23.5 Å². The first-order valence-corrected chi connectivity index (χ1v) is 6.24. The Balaban J connectivity index is 1.74. The summed E-state index contributed by atoms with van der Waals surface area (Å²) in [6.45, 7) is 6.58. The van der Waals surface area contributed by atoms with Gasteiger partial charge in [-0.25, -0.2) is 4.98 Å². The molecule has 2 rings (SSSR count). The highest BCUT2D eigenvalue weighted by atomic mass is 32.1. The number of thiazole rings is 1. The van der Waals surface area contributed by atoms with E-state index in [4.69, 9.17) is 0 Å². The van der Waals surface area contributed by atoms with E-state index < -0.39 is 0 Å². The van der Waals surface area contributed by atoms with Gasteiger partial charge in [-0.3, -0.25) is 0 Å². The van der Waals surface area contributed by atoms with Gasteiger partial charge in [-0.05, 0) is 24.7 Å². The smallest absolute Gasteiger partial charge is 0.0926 e. The van der Waals surface area contributed by atoms with Crippen LogP contribution in [0.5, 0.6) is 0 Å². The van der Waals surface area contributed by atoms with E-state index in [2.05, 4.69) is 29.5 Å². The minimum Gasteiger partial charge on any atom is -0.311 e. The van der Waals surface area contributed by atoms with Crippen molar-refractivity contribution in [3.63, 3.8) is 0 Å². The monoisotopic (exact) mass is 210 g/mol. The zero-order valence-electron chi connectivity index (χ0n) is 8.97. The van der Waals surface area contributed by atoms with Crippen LogP contribution < -0.4 is 5.32 Å². The van der Waals surface area contributed by atoms with Crippen molar-refractivity contribution >= 4 is 11.3 Å². The molecule has 0 aliphatic heterocycles. The fourth-order valence-electron chi connectivity index (χ4n) is 1.48. The summed E-state index contributed by atoms with van der Waals surface area (Å²) in [5.41, 5.74) is 1.81. The Hall–Kier alpha value is -0.410. The molecule has 1 aliphatic rings. The molecule has 1 saturated carbocycles. The normalized spacial score (nSPS) is 18.4. The summed E-state index contributed by atoms with van der Waals surface area (Å²) in [5.74, 6) is 0. The van der Waals surface area contributed by atoms with E-state index in [9.17, 15) is 0 Å². The van der Waals surface area contributed by atoms with Gasteiger partial charge in [-0.1, -0.05) is 13.8 Å². The first-order valence-electron chi connectivity index (χ1n) is 5.36. The lowest BCUT2D eigenvalue weighted by Gasteiger charge is -2.07. The van der Waals surface area contributed by atoms with Crippen LogP contribution in [0.3, 0.4) is 0 Å². The van der Waals surface area contributed by atoms with Crippen LogP contribution in [-0.2, 0) is 13.0 Å². The second-order valence-electron chi connectivity index (χ2n) is 4.50. The highest BCUT2D eigenvalue weighted by Gasteiger charge is 2.36. The van der Waals surface area contributed by atoms with Crippen LogP contribution in [0.2, 0.25) is 0 Å². The van der Waals surface area contributed by atoms with E-state index in [1.807, 2.05) is 0 Å². The lowest BCUT2D eigenvalue weighted by atomic mass is 10.1. The molecule has 1 fully saturated rings. The van der Waals surface area contributed by atoms with Crippen LogP contribution in [0.25, 0.3) is 0 Å². The zero-order valence-corrected chi connectivity index (χ0v) is 9.78. The van der Waals surface area contributed by atoms with Crippen LogP contribution >= 0.6 is 11.3 Å². The van der Waals surface area contributed by atoms with Gasteiger partial charge in [0.1, 0.15) is 0 Å². The summed E-state index contributed by atoms with van der Waals surface area (Å²) in [5, 5.41) is 6.90. The number of rotatable bonds is 5. The Bertz CT molecular complexity index is 302. The van der Waals surface area contributed by atoms with Crippen molar-refractivity contribution in [2.24, 2.45) is 5.41 Å². The molecule has 14 heavy (non-hydrogen) atoms. The minimum atomic E-state index is 0.601. The van der Waals surface area contributed by atoms with Gasteiger partial charge < -0.3 is 5.32 Å². The molecule has 0 spiro atoms. The van der Waals surface area contributed by atoms with Gasteiger partial charge in [-0.15, -0.1) is 11.3 Å². The summed E-state index contributed by atoms with van der Waals surface area (Å²) in [7, 11) is 0. The van der Waals surface area contributed by atoms with Crippen LogP contribution in [0.4, 0.5) is 0 Å². The van der Waals surface area contributed by atoms with Gasteiger partial charge in [0.25, 0.3) is 0 Å². The molecule has 78 valence electrons. The predicted octanol–water partition coefficient (Wildman–Crippen LogP) is 2.60. The first-order chi connectivity index (χ1) is 6.72. The summed E-state index contributed by atoms with van der Waals surface area (Å²) in [6.07, 6.45) is 3.83. The van der Waals surface area contributed by atoms with Gasteiger partial charge in [-0.2, -0.15) is 0 Å². The molecule has 1 heterocycles. The highest BCUT2D eigenvalue weighted by molar-refractivity contribution is 7.09. The van der Waals surface area contributed by atoms with Gasteiger partial charge in [0.05, 0.1) is 10.7 Å².